The standard InChI is InChI=1S/C20H13ClN2/c1-23-17-8-4-6-14-13-5-2-3-7-16(13)22-20(19(14)17)15-10-9-12(21)11-18(15)23/h2-11H,1H3. The molecule has 3 aromatic carbocycles. The van der Waals surface area contributed by atoms with Crippen LogP contribution in [-0.2, 0) is 0 Å². The van der Waals surface area contributed by atoms with E-state index < -0.39 is 0 Å². The van der Waals surface area contributed by atoms with Crippen molar-refractivity contribution in [3.63, 3.8) is 0 Å². The fourth-order valence-electron chi connectivity index (χ4n) is 3.58. The molecule has 0 atom stereocenters. The first-order valence-electron chi connectivity index (χ1n) is 7.59. The molecule has 1 aliphatic rings. The van der Waals surface area contributed by atoms with Crippen molar-refractivity contribution in [2.45, 2.75) is 0 Å². The van der Waals surface area contributed by atoms with Gasteiger partial charge < -0.3 is 4.90 Å². The Labute approximate surface area is 138 Å². The summed E-state index contributed by atoms with van der Waals surface area (Å²) in [4.78, 5) is 7.17. The van der Waals surface area contributed by atoms with Crippen LogP contribution in [0.25, 0.3) is 32.9 Å². The van der Waals surface area contributed by atoms with Crippen LogP contribution in [0.1, 0.15) is 0 Å². The fourth-order valence-corrected chi connectivity index (χ4v) is 3.74. The summed E-state index contributed by atoms with van der Waals surface area (Å²) < 4.78 is 0. The first-order valence-corrected chi connectivity index (χ1v) is 7.97. The van der Waals surface area contributed by atoms with E-state index in [9.17, 15) is 0 Å². The number of pyridine rings is 1. The monoisotopic (exact) mass is 316 g/mol. The molecule has 0 saturated heterocycles. The summed E-state index contributed by atoms with van der Waals surface area (Å²) >= 11 is 6.22. The lowest BCUT2D eigenvalue weighted by atomic mass is 9.94. The molecular weight excluding hydrogens is 304 g/mol. The van der Waals surface area contributed by atoms with Gasteiger partial charge in [-0.2, -0.15) is 0 Å². The van der Waals surface area contributed by atoms with Crippen LogP contribution in [0.4, 0.5) is 11.4 Å². The van der Waals surface area contributed by atoms with E-state index >= 15 is 0 Å². The fraction of sp³-hybridized carbons (Fsp3) is 0.0500. The van der Waals surface area contributed by atoms with Crippen LogP contribution in [0.2, 0.25) is 5.02 Å². The number of hydrogen-bond donors (Lipinski definition) is 0. The molecule has 1 aliphatic heterocycles. The highest BCUT2D eigenvalue weighted by Crippen LogP contribution is 2.47. The zero-order valence-electron chi connectivity index (χ0n) is 12.5. The van der Waals surface area contributed by atoms with Crippen molar-refractivity contribution < 1.29 is 0 Å². The number of rotatable bonds is 0. The van der Waals surface area contributed by atoms with Crippen LogP contribution in [0.5, 0.6) is 0 Å². The summed E-state index contributed by atoms with van der Waals surface area (Å²) in [5.41, 5.74) is 5.47. The van der Waals surface area contributed by atoms with Crippen LogP contribution in [0.3, 0.4) is 0 Å². The highest BCUT2D eigenvalue weighted by atomic mass is 35.5. The van der Waals surface area contributed by atoms with Gasteiger partial charge in [-0.05, 0) is 35.7 Å². The van der Waals surface area contributed by atoms with Gasteiger partial charge in [-0.1, -0.05) is 41.9 Å². The van der Waals surface area contributed by atoms with Crippen molar-refractivity contribution in [1.29, 1.82) is 0 Å². The molecule has 4 aromatic rings. The van der Waals surface area contributed by atoms with Crippen LogP contribution >= 0.6 is 11.6 Å². The Kier molecular flexibility index (Phi) is 2.51. The predicted molar refractivity (Wildman–Crippen MR) is 97.8 cm³/mol. The largest absolute Gasteiger partial charge is 0.343 e. The molecule has 0 bridgehead atoms. The van der Waals surface area contributed by atoms with Crippen molar-refractivity contribution in [1.82, 2.24) is 4.98 Å². The van der Waals surface area contributed by atoms with Gasteiger partial charge in [0.15, 0.2) is 0 Å². The van der Waals surface area contributed by atoms with E-state index in [4.69, 9.17) is 16.6 Å². The first-order chi connectivity index (χ1) is 11.2. The molecule has 0 N–H and O–H groups in total. The van der Waals surface area contributed by atoms with Gasteiger partial charge in [0.2, 0.25) is 0 Å². The number of halogens is 1. The van der Waals surface area contributed by atoms with E-state index in [0.717, 1.165) is 27.5 Å². The van der Waals surface area contributed by atoms with Crippen molar-refractivity contribution in [3.8, 4) is 11.3 Å². The molecule has 2 nitrogen and oxygen atoms in total. The van der Waals surface area contributed by atoms with Gasteiger partial charge in [0.05, 0.1) is 22.6 Å². The molecule has 1 aromatic heterocycles. The minimum absolute atomic E-state index is 0.743. The molecule has 5 rings (SSSR count). The highest BCUT2D eigenvalue weighted by Gasteiger charge is 2.24. The van der Waals surface area contributed by atoms with Crippen LogP contribution in [-0.4, -0.2) is 12.0 Å². The first kappa shape index (κ1) is 12.9. The third-order valence-corrected chi connectivity index (χ3v) is 4.88. The van der Waals surface area contributed by atoms with Crippen LogP contribution in [0, 0.1) is 0 Å². The number of anilines is 2. The second-order valence-electron chi connectivity index (χ2n) is 5.90. The van der Waals surface area contributed by atoms with Gasteiger partial charge in [-0.25, -0.2) is 4.98 Å². The maximum atomic E-state index is 6.22. The van der Waals surface area contributed by atoms with E-state index in [1.807, 2.05) is 18.2 Å². The van der Waals surface area contributed by atoms with Gasteiger partial charge in [0, 0.05) is 28.4 Å². The summed E-state index contributed by atoms with van der Waals surface area (Å²) in [5, 5.41) is 4.39. The molecule has 0 radical (unpaired) electrons. The Balaban J connectivity index is 2.05. The normalized spacial score (nSPS) is 12.7. The molecule has 23 heavy (non-hydrogen) atoms. The topological polar surface area (TPSA) is 16.1 Å². The zero-order valence-corrected chi connectivity index (χ0v) is 13.3. The number of hydrogen-bond acceptors (Lipinski definition) is 2. The average molecular weight is 317 g/mol. The maximum Gasteiger partial charge on any atom is 0.0830 e. The third kappa shape index (κ3) is 1.67. The molecule has 2 heterocycles. The van der Waals surface area contributed by atoms with Crippen LogP contribution < -0.4 is 4.90 Å². The lowest BCUT2D eigenvalue weighted by molar-refractivity contribution is 1.20. The summed E-state index contributed by atoms with van der Waals surface area (Å²) in [7, 11) is 2.09. The lowest BCUT2D eigenvalue weighted by Crippen LogP contribution is -2.15. The van der Waals surface area contributed by atoms with Gasteiger partial charge in [-0.3, -0.25) is 0 Å². The summed E-state index contributed by atoms with van der Waals surface area (Å²) in [6.45, 7) is 0. The van der Waals surface area contributed by atoms with Gasteiger partial charge >= 0.3 is 0 Å². The van der Waals surface area contributed by atoms with Crippen molar-refractivity contribution >= 4 is 44.7 Å². The van der Waals surface area contributed by atoms with E-state index in [0.29, 0.717) is 0 Å². The van der Waals surface area contributed by atoms with Crippen molar-refractivity contribution in [3.05, 3.63) is 65.7 Å². The van der Waals surface area contributed by atoms with Crippen molar-refractivity contribution in [2.24, 2.45) is 0 Å². The summed E-state index contributed by atoms with van der Waals surface area (Å²) in [5.74, 6) is 0. The summed E-state index contributed by atoms with van der Waals surface area (Å²) in [6, 6.07) is 20.8. The minimum Gasteiger partial charge on any atom is -0.343 e. The number of fused-ring (bicyclic) bond motifs is 4. The van der Waals surface area contributed by atoms with E-state index in [2.05, 4.69) is 54.4 Å². The molecule has 0 fully saturated rings. The molecule has 0 amide bonds. The maximum absolute atomic E-state index is 6.22. The smallest absolute Gasteiger partial charge is 0.0830 e. The number of nitrogens with zero attached hydrogens (tertiary/aromatic N) is 2. The second-order valence-corrected chi connectivity index (χ2v) is 6.33. The number of benzene rings is 3. The molecule has 3 heteroatoms. The lowest BCUT2D eigenvalue weighted by Gasteiger charge is -2.30. The Morgan fingerprint density at radius 1 is 0.870 bits per heavy atom. The summed E-state index contributed by atoms with van der Waals surface area (Å²) in [6.07, 6.45) is 0. The Hall–Kier alpha value is -2.58. The predicted octanol–water partition coefficient (Wildman–Crippen LogP) is 5.79. The van der Waals surface area contributed by atoms with E-state index in [-0.39, 0.29) is 0 Å². The number of para-hydroxylation sites is 1. The molecule has 0 spiro atoms. The Morgan fingerprint density at radius 2 is 1.70 bits per heavy atom. The van der Waals surface area contributed by atoms with Crippen LogP contribution in [0.15, 0.2) is 60.7 Å². The second kappa shape index (κ2) is 4.46. The molecule has 0 unspecified atom stereocenters. The van der Waals surface area contributed by atoms with E-state index in [1.165, 1.54) is 21.8 Å². The quantitative estimate of drug-likeness (QED) is 0.382. The Morgan fingerprint density at radius 3 is 2.61 bits per heavy atom. The van der Waals surface area contributed by atoms with Gasteiger partial charge in [0.25, 0.3) is 0 Å². The SMILES string of the molecule is CN1c2cc(Cl)ccc2-c2nc3ccccc3c3cccc1c23. The molecular formula is C20H13ClN2. The molecule has 0 saturated carbocycles. The molecule has 110 valence electrons. The average Bonchev–Trinajstić information content (AvgIpc) is 2.59. The highest BCUT2D eigenvalue weighted by molar-refractivity contribution is 6.31. The zero-order chi connectivity index (χ0) is 15.6. The minimum atomic E-state index is 0.743. The number of aromatic nitrogens is 1. The van der Waals surface area contributed by atoms with Gasteiger partial charge in [-0.15, -0.1) is 0 Å². The Bertz CT molecular complexity index is 1100. The third-order valence-electron chi connectivity index (χ3n) is 4.64. The molecule has 0 aliphatic carbocycles. The van der Waals surface area contributed by atoms with Crippen molar-refractivity contribution in [2.75, 3.05) is 11.9 Å². The van der Waals surface area contributed by atoms with E-state index in [1.54, 1.807) is 0 Å². The van der Waals surface area contributed by atoms with Gasteiger partial charge in [0.1, 0.15) is 0 Å².